The van der Waals surface area contributed by atoms with Gasteiger partial charge in [-0.1, -0.05) is 0 Å². The van der Waals surface area contributed by atoms with E-state index in [0.29, 0.717) is 6.04 Å². The molecule has 1 aliphatic heterocycles. The Kier molecular flexibility index (Phi) is 3.72. The summed E-state index contributed by atoms with van der Waals surface area (Å²) in [6, 6.07) is 2.61. The maximum atomic E-state index is 4.29. The van der Waals surface area contributed by atoms with Crippen molar-refractivity contribution >= 4 is 5.82 Å². The summed E-state index contributed by atoms with van der Waals surface area (Å²) in [5, 5.41) is 3.35. The number of nitrogens with one attached hydrogen (secondary N) is 1. The minimum Gasteiger partial charge on any atom is -0.357 e. The highest BCUT2D eigenvalue weighted by Crippen LogP contribution is 2.23. The van der Waals surface area contributed by atoms with E-state index in [-0.39, 0.29) is 0 Å². The van der Waals surface area contributed by atoms with Gasteiger partial charge in [0.05, 0.1) is 0 Å². The third kappa shape index (κ3) is 2.50. The minimum atomic E-state index is 0.618. The molecular weight excluding hydrogens is 200 g/mol. The molecule has 1 N–H and O–H groups in total. The average Bonchev–Trinajstić information content (AvgIpc) is 2.39. The van der Waals surface area contributed by atoms with Crippen LogP contribution >= 0.6 is 0 Å². The first kappa shape index (κ1) is 11.3. The van der Waals surface area contributed by atoms with Crippen LogP contribution in [0.4, 0.5) is 5.82 Å². The molecule has 16 heavy (non-hydrogen) atoms. The highest BCUT2D eigenvalue weighted by molar-refractivity contribution is 5.36. The van der Waals surface area contributed by atoms with Crippen LogP contribution in [0, 0.1) is 5.92 Å². The lowest BCUT2D eigenvalue weighted by molar-refractivity contribution is 0.323. The van der Waals surface area contributed by atoms with Crippen LogP contribution in [0.3, 0.4) is 0 Å². The number of hydrogen-bond donors (Lipinski definition) is 1. The van der Waals surface area contributed by atoms with Gasteiger partial charge in [0.15, 0.2) is 0 Å². The number of aromatic nitrogens is 2. The molecule has 2 rings (SSSR count). The van der Waals surface area contributed by atoms with Crippen LogP contribution in [0.1, 0.15) is 19.8 Å². The largest absolute Gasteiger partial charge is 0.357 e. The molecule has 0 spiro atoms. The van der Waals surface area contributed by atoms with Gasteiger partial charge in [-0.2, -0.15) is 0 Å². The van der Waals surface area contributed by atoms with Crippen molar-refractivity contribution in [1.82, 2.24) is 15.3 Å². The van der Waals surface area contributed by atoms with Crippen molar-refractivity contribution < 1.29 is 0 Å². The Balaban J connectivity index is 1.91. The van der Waals surface area contributed by atoms with Gasteiger partial charge in [-0.05, 0) is 38.8 Å². The molecule has 2 heterocycles. The maximum absolute atomic E-state index is 4.29. The second-order valence-electron chi connectivity index (χ2n) is 4.47. The van der Waals surface area contributed by atoms with Gasteiger partial charge in [0, 0.05) is 25.3 Å². The zero-order chi connectivity index (χ0) is 11.4. The van der Waals surface area contributed by atoms with Crippen molar-refractivity contribution in [3.8, 4) is 0 Å². The van der Waals surface area contributed by atoms with Crippen molar-refractivity contribution in [2.75, 3.05) is 25.0 Å². The van der Waals surface area contributed by atoms with Crippen LogP contribution in [0.5, 0.6) is 0 Å². The van der Waals surface area contributed by atoms with Crippen LogP contribution in [-0.2, 0) is 0 Å². The summed E-state index contributed by atoms with van der Waals surface area (Å²) in [4.78, 5) is 10.6. The summed E-state index contributed by atoms with van der Waals surface area (Å²) in [7, 11) is 2.04. The van der Waals surface area contributed by atoms with E-state index in [1.165, 1.54) is 12.8 Å². The molecule has 88 valence electrons. The molecule has 1 aromatic rings. The first-order valence-corrected chi connectivity index (χ1v) is 5.99. The smallest absolute Gasteiger partial charge is 0.131 e. The number of hydrogen-bond acceptors (Lipinski definition) is 4. The van der Waals surface area contributed by atoms with E-state index in [1.54, 1.807) is 6.33 Å². The molecule has 0 saturated carbocycles. The lowest BCUT2D eigenvalue weighted by Crippen LogP contribution is -2.41. The zero-order valence-electron chi connectivity index (χ0n) is 10.1. The molecule has 4 heteroatoms. The molecular formula is C12H20N4. The van der Waals surface area contributed by atoms with E-state index in [4.69, 9.17) is 0 Å². The summed E-state index contributed by atoms with van der Waals surface area (Å²) in [6.45, 7) is 4.48. The van der Waals surface area contributed by atoms with Crippen LogP contribution < -0.4 is 10.2 Å². The molecule has 0 radical (unpaired) electrons. The maximum Gasteiger partial charge on any atom is 0.131 e. The second kappa shape index (κ2) is 5.25. The van der Waals surface area contributed by atoms with E-state index < -0.39 is 0 Å². The number of rotatable bonds is 3. The van der Waals surface area contributed by atoms with Crippen LogP contribution in [0.15, 0.2) is 18.6 Å². The monoisotopic (exact) mass is 220 g/mol. The molecule has 1 aliphatic rings. The third-order valence-corrected chi connectivity index (χ3v) is 3.59. The van der Waals surface area contributed by atoms with Gasteiger partial charge in [0.1, 0.15) is 12.1 Å². The second-order valence-corrected chi connectivity index (χ2v) is 4.47. The molecule has 0 bridgehead atoms. The highest BCUT2D eigenvalue weighted by atomic mass is 15.2. The molecule has 0 amide bonds. The van der Waals surface area contributed by atoms with Crippen molar-refractivity contribution in [1.29, 1.82) is 0 Å². The summed E-state index contributed by atoms with van der Waals surface area (Å²) >= 11 is 0. The Bertz CT molecular complexity index is 306. The number of anilines is 1. The Morgan fingerprint density at radius 2 is 2.19 bits per heavy atom. The highest BCUT2D eigenvalue weighted by Gasteiger charge is 2.23. The number of piperidine rings is 1. The van der Waals surface area contributed by atoms with Gasteiger partial charge < -0.3 is 10.2 Å². The van der Waals surface area contributed by atoms with Crippen molar-refractivity contribution in [3.63, 3.8) is 0 Å². The van der Waals surface area contributed by atoms with E-state index in [0.717, 1.165) is 24.8 Å². The lowest BCUT2D eigenvalue weighted by atomic mass is 9.90. The van der Waals surface area contributed by atoms with Gasteiger partial charge in [-0.15, -0.1) is 0 Å². The fourth-order valence-electron chi connectivity index (χ4n) is 2.34. The quantitative estimate of drug-likeness (QED) is 0.833. The normalized spacial score (nSPS) is 19.8. The summed E-state index contributed by atoms with van der Waals surface area (Å²) in [6.07, 6.45) is 5.92. The van der Waals surface area contributed by atoms with Gasteiger partial charge >= 0.3 is 0 Å². The molecule has 1 atom stereocenters. The standard InChI is InChI=1S/C12H20N4/c1-10(13-2)11-4-7-16(8-5-11)12-3-6-14-9-15-12/h3,6,9-11,13H,4-5,7-8H2,1-2H3. The SMILES string of the molecule is CNC(C)C1CCN(c2ccncn2)CC1. The summed E-state index contributed by atoms with van der Waals surface area (Å²) in [5.41, 5.74) is 0. The molecule has 1 aromatic heterocycles. The molecule has 1 fully saturated rings. The predicted octanol–water partition coefficient (Wildman–Crippen LogP) is 1.30. The van der Waals surface area contributed by atoms with Crippen LogP contribution in [-0.4, -0.2) is 36.1 Å². The van der Waals surface area contributed by atoms with Crippen molar-refractivity contribution in [3.05, 3.63) is 18.6 Å². The van der Waals surface area contributed by atoms with Gasteiger partial charge in [0.2, 0.25) is 0 Å². The Labute approximate surface area is 97.1 Å². The molecule has 1 unspecified atom stereocenters. The topological polar surface area (TPSA) is 41.0 Å². The van der Waals surface area contributed by atoms with E-state index in [2.05, 4.69) is 27.1 Å². The first-order valence-electron chi connectivity index (χ1n) is 5.99. The predicted molar refractivity (Wildman–Crippen MR) is 65.5 cm³/mol. The fourth-order valence-corrected chi connectivity index (χ4v) is 2.34. The fraction of sp³-hybridized carbons (Fsp3) is 0.667. The molecule has 0 aromatic carbocycles. The zero-order valence-corrected chi connectivity index (χ0v) is 10.1. The van der Waals surface area contributed by atoms with E-state index >= 15 is 0 Å². The first-order chi connectivity index (χ1) is 7.81. The van der Waals surface area contributed by atoms with Gasteiger partial charge in [-0.3, -0.25) is 0 Å². The number of nitrogens with zero attached hydrogens (tertiary/aromatic N) is 3. The van der Waals surface area contributed by atoms with Crippen molar-refractivity contribution in [2.45, 2.75) is 25.8 Å². The molecule has 1 saturated heterocycles. The van der Waals surface area contributed by atoms with Gasteiger partial charge in [0.25, 0.3) is 0 Å². The average molecular weight is 220 g/mol. The van der Waals surface area contributed by atoms with E-state index in [9.17, 15) is 0 Å². The molecule has 0 aliphatic carbocycles. The van der Waals surface area contributed by atoms with Gasteiger partial charge in [-0.25, -0.2) is 9.97 Å². The summed E-state index contributed by atoms with van der Waals surface area (Å²) in [5.74, 6) is 1.86. The van der Waals surface area contributed by atoms with Crippen molar-refractivity contribution in [2.24, 2.45) is 5.92 Å². The van der Waals surface area contributed by atoms with E-state index in [1.807, 2.05) is 19.3 Å². The lowest BCUT2D eigenvalue weighted by Gasteiger charge is -2.35. The van der Waals surface area contributed by atoms with Crippen LogP contribution in [0.2, 0.25) is 0 Å². The Hall–Kier alpha value is -1.16. The summed E-state index contributed by atoms with van der Waals surface area (Å²) < 4.78 is 0. The van der Waals surface area contributed by atoms with Crippen LogP contribution in [0.25, 0.3) is 0 Å². The molecule has 4 nitrogen and oxygen atoms in total. The minimum absolute atomic E-state index is 0.618. The third-order valence-electron chi connectivity index (χ3n) is 3.59. The Morgan fingerprint density at radius 1 is 1.44 bits per heavy atom. The Morgan fingerprint density at radius 3 is 2.75 bits per heavy atom.